The highest BCUT2D eigenvalue weighted by Crippen LogP contribution is 2.31. The standard InChI is InChI=1S/C22H26N2O3/c1-5-27-19-8-6-17(7-9-19)22-15-24(11-10-23-22)16(2)18-12-20(25-3)14-21(13-18)26-4/h6-10,12-16H,5,11H2,1-4H3/t16-/m0/s1. The van der Waals surface area contributed by atoms with Gasteiger partial charge >= 0.3 is 0 Å². The van der Waals surface area contributed by atoms with Crippen LogP contribution < -0.4 is 14.2 Å². The van der Waals surface area contributed by atoms with E-state index in [0.29, 0.717) is 6.61 Å². The summed E-state index contributed by atoms with van der Waals surface area (Å²) < 4.78 is 16.3. The van der Waals surface area contributed by atoms with Gasteiger partial charge in [0.25, 0.3) is 0 Å². The molecule has 1 aliphatic heterocycles. The molecule has 0 bridgehead atoms. The summed E-state index contributed by atoms with van der Waals surface area (Å²) in [6.07, 6.45) is 4.05. The van der Waals surface area contributed by atoms with Crippen molar-refractivity contribution in [2.45, 2.75) is 19.9 Å². The van der Waals surface area contributed by atoms with Gasteiger partial charge in [-0.2, -0.15) is 0 Å². The van der Waals surface area contributed by atoms with E-state index in [9.17, 15) is 0 Å². The van der Waals surface area contributed by atoms with Gasteiger partial charge in [-0.25, -0.2) is 0 Å². The minimum Gasteiger partial charge on any atom is -0.497 e. The number of hydrogen-bond acceptors (Lipinski definition) is 5. The van der Waals surface area contributed by atoms with Crippen molar-refractivity contribution in [2.75, 3.05) is 27.4 Å². The van der Waals surface area contributed by atoms with E-state index in [4.69, 9.17) is 14.2 Å². The first kappa shape index (κ1) is 18.8. The molecule has 0 aliphatic carbocycles. The fourth-order valence-electron chi connectivity index (χ4n) is 3.05. The minimum absolute atomic E-state index is 0.151. The second-order valence-corrected chi connectivity index (χ2v) is 6.30. The lowest BCUT2D eigenvalue weighted by molar-refractivity contribution is 0.333. The van der Waals surface area contributed by atoms with Crippen LogP contribution in [0.3, 0.4) is 0 Å². The van der Waals surface area contributed by atoms with Gasteiger partial charge in [0.2, 0.25) is 0 Å². The maximum Gasteiger partial charge on any atom is 0.122 e. The first-order chi connectivity index (χ1) is 13.1. The zero-order chi connectivity index (χ0) is 19.2. The predicted molar refractivity (Wildman–Crippen MR) is 109 cm³/mol. The van der Waals surface area contributed by atoms with Crippen molar-refractivity contribution in [1.82, 2.24) is 4.90 Å². The van der Waals surface area contributed by atoms with E-state index in [2.05, 4.69) is 23.0 Å². The summed E-state index contributed by atoms with van der Waals surface area (Å²) in [4.78, 5) is 6.83. The Labute approximate surface area is 160 Å². The number of rotatable bonds is 7. The van der Waals surface area contributed by atoms with Crippen LogP contribution in [0.15, 0.2) is 53.7 Å². The number of methoxy groups -OCH3 is 2. The van der Waals surface area contributed by atoms with Crippen molar-refractivity contribution in [1.29, 1.82) is 0 Å². The predicted octanol–water partition coefficient (Wildman–Crippen LogP) is 4.55. The fourth-order valence-corrected chi connectivity index (χ4v) is 3.05. The molecule has 1 aliphatic rings. The molecule has 27 heavy (non-hydrogen) atoms. The average Bonchev–Trinajstić information content (AvgIpc) is 2.73. The molecular weight excluding hydrogens is 340 g/mol. The average molecular weight is 366 g/mol. The highest BCUT2D eigenvalue weighted by molar-refractivity contribution is 5.77. The molecule has 2 aromatic rings. The van der Waals surface area contributed by atoms with Gasteiger partial charge in [-0.05, 0) is 55.8 Å². The fraction of sp³-hybridized carbons (Fsp3) is 0.318. The second kappa shape index (κ2) is 8.62. The molecule has 1 heterocycles. The van der Waals surface area contributed by atoms with Gasteiger partial charge in [0.15, 0.2) is 0 Å². The van der Waals surface area contributed by atoms with Crippen molar-refractivity contribution >= 4 is 11.9 Å². The summed E-state index contributed by atoms with van der Waals surface area (Å²) in [6.45, 7) is 5.56. The third kappa shape index (κ3) is 4.42. The molecule has 0 fully saturated rings. The molecule has 0 N–H and O–H groups in total. The summed E-state index contributed by atoms with van der Waals surface area (Å²) >= 11 is 0. The topological polar surface area (TPSA) is 43.3 Å². The first-order valence-corrected chi connectivity index (χ1v) is 9.11. The van der Waals surface area contributed by atoms with E-state index >= 15 is 0 Å². The van der Waals surface area contributed by atoms with E-state index in [-0.39, 0.29) is 6.04 Å². The van der Waals surface area contributed by atoms with Crippen molar-refractivity contribution in [2.24, 2.45) is 4.99 Å². The van der Waals surface area contributed by atoms with Gasteiger partial charge in [0.1, 0.15) is 17.2 Å². The van der Waals surface area contributed by atoms with Crippen LogP contribution in [0.4, 0.5) is 0 Å². The van der Waals surface area contributed by atoms with E-state index in [1.54, 1.807) is 14.2 Å². The Morgan fingerprint density at radius 1 is 1.00 bits per heavy atom. The molecule has 1 atom stereocenters. The molecule has 5 heteroatoms. The maximum atomic E-state index is 5.52. The molecule has 0 saturated carbocycles. The second-order valence-electron chi connectivity index (χ2n) is 6.30. The zero-order valence-corrected chi connectivity index (χ0v) is 16.3. The smallest absolute Gasteiger partial charge is 0.122 e. The SMILES string of the molecule is CCOc1ccc(C2=CN([C@@H](C)c3cc(OC)cc(OC)c3)CC=N2)cc1. The highest BCUT2D eigenvalue weighted by atomic mass is 16.5. The molecular formula is C22H26N2O3. The van der Waals surface area contributed by atoms with Gasteiger partial charge in [-0.15, -0.1) is 0 Å². The van der Waals surface area contributed by atoms with Gasteiger partial charge in [-0.1, -0.05) is 0 Å². The third-order valence-corrected chi connectivity index (χ3v) is 4.63. The lowest BCUT2D eigenvalue weighted by Gasteiger charge is -2.30. The molecule has 2 aromatic carbocycles. The molecule has 0 spiro atoms. The largest absolute Gasteiger partial charge is 0.497 e. The number of ether oxygens (including phenoxy) is 3. The van der Waals surface area contributed by atoms with Gasteiger partial charge in [0.05, 0.1) is 39.1 Å². The first-order valence-electron chi connectivity index (χ1n) is 9.11. The van der Waals surface area contributed by atoms with Crippen LogP contribution in [0, 0.1) is 0 Å². The quantitative estimate of drug-likeness (QED) is 0.721. The number of benzene rings is 2. The normalized spacial score (nSPS) is 14.5. The van der Waals surface area contributed by atoms with E-state index in [1.807, 2.05) is 55.6 Å². The van der Waals surface area contributed by atoms with E-state index in [1.165, 1.54) is 0 Å². The van der Waals surface area contributed by atoms with Crippen molar-refractivity contribution in [3.8, 4) is 17.2 Å². The minimum atomic E-state index is 0.151. The van der Waals surface area contributed by atoms with Crippen LogP contribution in [0.1, 0.15) is 31.0 Å². The lowest BCUT2D eigenvalue weighted by Crippen LogP contribution is -2.26. The number of hydrogen-bond donors (Lipinski definition) is 0. The molecule has 3 rings (SSSR count). The molecule has 0 unspecified atom stereocenters. The Hall–Kier alpha value is -2.95. The molecule has 5 nitrogen and oxygen atoms in total. The van der Waals surface area contributed by atoms with Gasteiger partial charge in [0, 0.05) is 24.0 Å². The Kier molecular flexibility index (Phi) is 6.01. The Bertz CT molecular complexity index is 806. The summed E-state index contributed by atoms with van der Waals surface area (Å²) in [6, 6.07) is 14.2. The number of aliphatic imine (C=N–C) groups is 1. The van der Waals surface area contributed by atoms with Crippen LogP contribution in [0.2, 0.25) is 0 Å². The summed E-state index contributed by atoms with van der Waals surface area (Å²) in [7, 11) is 3.33. The Balaban J connectivity index is 1.83. The molecule has 0 saturated heterocycles. The Morgan fingerprint density at radius 2 is 1.67 bits per heavy atom. The van der Waals surface area contributed by atoms with Gasteiger partial charge in [-0.3, -0.25) is 4.99 Å². The van der Waals surface area contributed by atoms with Crippen LogP contribution >= 0.6 is 0 Å². The highest BCUT2D eigenvalue weighted by Gasteiger charge is 2.18. The van der Waals surface area contributed by atoms with E-state index < -0.39 is 0 Å². The molecule has 0 amide bonds. The molecule has 0 radical (unpaired) electrons. The molecule has 0 aromatic heterocycles. The Morgan fingerprint density at radius 3 is 2.26 bits per heavy atom. The van der Waals surface area contributed by atoms with Crippen molar-refractivity contribution in [3.63, 3.8) is 0 Å². The van der Waals surface area contributed by atoms with E-state index in [0.717, 1.165) is 40.6 Å². The summed E-state index contributed by atoms with van der Waals surface area (Å²) in [5.41, 5.74) is 3.13. The van der Waals surface area contributed by atoms with Crippen molar-refractivity contribution < 1.29 is 14.2 Å². The maximum absolute atomic E-state index is 5.52. The van der Waals surface area contributed by atoms with Crippen molar-refractivity contribution in [3.05, 3.63) is 59.8 Å². The summed E-state index contributed by atoms with van der Waals surface area (Å²) in [5.74, 6) is 2.45. The van der Waals surface area contributed by atoms with Crippen LogP contribution in [0.5, 0.6) is 17.2 Å². The summed E-state index contributed by atoms with van der Waals surface area (Å²) in [5, 5.41) is 0. The monoisotopic (exact) mass is 366 g/mol. The van der Waals surface area contributed by atoms with Crippen LogP contribution in [-0.4, -0.2) is 38.5 Å². The number of nitrogens with zero attached hydrogens (tertiary/aromatic N) is 2. The molecule has 142 valence electrons. The van der Waals surface area contributed by atoms with Gasteiger partial charge < -0.3 is 19.1 Å². The van der Waals surface area contributed by atoms with Crippen LogP contribution in [-0.2, 0) is 0 Å². The zero-order valence-electron chi connectivity index (χ0n) is 16.3. The lowest BCUT2D eigenvalue weighted by atomic mass is 10.1. The third-order valence-electron chi connectivity index (χ3n) is 4.63. The van der Waals surface area contributed by atoms with Crippen LogP contribution in [0.25, 0.3) is 5.70 Å².